The summed E-state index contributed by atoms with van der Waals surface area (Å²) in [4.78, 5) is 13.3. The van der Waals surface area contributed by atoms with Crippen LogP contribution in [0, 0.1) is 0 Å². The van der Waals surface area contributed by atoms with Gasteiger partial charge in [-0.1, -0.05) is 18.2 Å². The van der Waals surface area contributed by atoms with Crippen molar-refractivity contribution in [2.75, 3.05) is 0 Å². The smallest absolute Gasteiger partial charge is 0.405 e. The molecule has 118 valence electrons. The van der Waals surface area contributed by atoms with Gasteiger partial charge in [-0.2, -0.15) is 13.2 Å². The van der Waals surface area contributed by atoms with Gasteiger partial charge in [0.2, 0.25) is 0 Å². The lowest BCUT2D eigenvalue weighted by molar-refractivity contribution is -0.274. The molecular weight excluding hydrogens is 316 g/mol. The summed E-state index contributed by atoms with van der Waals surface area (Å²) in [7, 11) is 0. The first-order chi connectivity index (χ1) is 10.1. The van der Waals surface area contributed by atoms with Gasteiger partial charge in [-0.05, 0) is 18.2 Å². The zero-order valence-electron chi connectivity index (χ0n) is 10.5. The fourth-order valence-electron chi connectivity index (χ4n) is 1.75. The molecule has 0 aliphatic rings. The van der Waals surface area contributed by atoms with E-state index in [4.69, 9.17) is 0 Å². The summed E-state index contributed by atoms with van der Waals surface area (Å²) in [5.41, 5.74) is -3.11. The predicted octanol–water partition coefficient (Wildman–Crippen LogP) is 3.96. The van der Waals surface area contributed by atoms with Crippen LogP contribution >= 0.6 is 0 Å². The molecule has 0 fully saturated rings. The molecule has 0 saturated heterocycles. The lowest BCUT2D eigenvalue weighted by atomic mass is 10.1. The summed E-state index contributed by atoms with van der Waals surface area (Å²) >= 11 is 0. The zero-order valence-corrected chi connectivity index (χ0v) is 10.5. The summed E-state index contributed by atoms with van der Waals surface area (Å²) < 4.78 is 78.0. The van der Waals surface area contributed by atoms with Crippen LogP contribution in [0.25, 0.3) is 11.1 Å². The van der Waals surface area contributed by atoms with Crippen molar-refractivity contribution in [3.8, 4) is 16.9 Å². The lowest BCUT2D eigenvalue weighted by Gasteiger charge is -2.13. The Balaban J connectivity index is 2.52. The van der Waals surface area contributed by atoms with Gasteiger partial charge in [0.1, 0.15) is 11.4 Å². The van der Waals surface area contributed by atoms with Crippen LogP contribution in [0.5, 0.6) is 5.75 Å². The van der Waals surface area contributed by atoms with Gasteiger partial charge in [-0.15, -0.1) is 13.2 Å². The molecule has 0 aliphatic carbocycles. The minimum atomic E-state index is -4.99. The number of ether oxygens (including phenoxy) is 1. The van der Waals surface area contributed by atoms with Crippen molar-refractivity contribution in [1.82, 2.24) is 4.98 Å². The number of para-hydroxylation sites is 1. The van der Waals surface area contributed by atoms with Crippen molar-refractivity contribution in [1.29, 1.82) is 0 Å². The van der Waals surface area contributed by atoms with Gasteiger partial charge >= 0.3 is 12.5 Å². The second-order valence-corrected chi connectivity index (χ2v) is 4.16. The lowest BCUT2D eigenvalue weighted by Crippen LogP contribution is -2.20. The van der Waals surface area contributed by atoms with Crippen LogP contribution in [-0.4, -0.2) is 11.3 Å². The standard InChI is InChI=1S/C13H7F6NO2/c14-12(15,16)10-6-5-8(11(21)20-10)7-3-1-2-4-9(7)22-13(17,18)19/h1-6H,(H,20,21). The van der Waals surface area contributed by atoms with Gasteiger partial charge in [0.05, 0.1) is 5.56 Å². The topological polar surface area (TPSA) is 42.1 Å². The van der Waals surface area contributed by atoms with Gasteiger partial charge in [-0.3, -0.25) is 4.79 Å². The second-order valence-electron chi connectivity index (χ2n) is 4.16. The van der Waals surface area contributed by atoms with E-state index in [1.54, 1.807) is 4.98 Å². The molecule has 1 N–H and O–H groups in total. The second kappa shape index (κ2) is 5.39. The molecule has 22 heavy (non-hydrogen) atoms. The monoisotopic (exact) mass is 323 g/mol. The molecule has 1 aromatic carbocycles. The highest BCUT2D eigenvalue weighted by molar-refractivity contribution is 5.69. The number of halogens is 6. The number of pyridine rings is 1. The van der Waals surface area contributed by atoms with Crippen molar-refractivity contribution >= 4 is 0 Å². The maximum Gasteiger partial charge on any atom is 0.573 e. The van der Waals surface area contributed by atoms with Crippen LogP contribution in [0.15, 0.2) is 41.2 Å². The molecule has 0 saturated carbocycles. The number of H-pyrrole nitrogens is 1. The van der Waals surface area contributed by atoms with Crippen LogP contribution in [0.4, 0.5) is 26.3 Å². The third-order valence-corrected chi connectivity index (χ3v) is 2.62. The van der Waals surface area contributed by atoms with Crippen molar-refractivity contribution in [3.05, 3.63) is 52.4 Å². The molecule has 0 spiro atoms. The fourth-order valence-corrected chi connectivity index (χ4v) is 1.75. The van der Waals surface area contributed by atoms with Crippen molar-refractivity contribution in [2.45, 2.75) is 12.5 Å². The Morgan fingerprint density at radius 2 is 1.50 bits per heavy atom. The average molecular weight is 323 g/mol. The largest absolute Gasteiger partial charge is 0.573 e. The summed E-state index contributed by atoms with van der Waals surface area (Å²) in [6.45, 7) is 0. The molecule has 0 bridgehead atoms. The average Bonchev–Trinajstić information content (AvgIpc) is 2.37. The zero-order chi connectivity index (χ0) is 16.5. The normalized spacial score (nSPS) is 12.3. The summed E-state index contributed by atoms with van der Waals surface area (Å²) in [5.74, 6) is -0.680. The molecule has 0 aliphatic heterocycles. The highest BCUT2D eigenvalue weighted by Gasteiger charge is 2.34. The van der Waals surface area contributed by atoms with E-state index < -0.39 is 29.5 Å². The van der Waals surface area contributed by atoms with E-state index in [0.717, 1.165) is 18.2 Å². The number of alkyl halides is 6. The number of aromatic nitrogens is 1. The minimum Gasteiger partial charge on any atom is -0.405 e. The highest BCUT2D eigenvalue weighted by Crippen LogP contribution is 2.33. The molecule has 1 aromatic heterocycles. The molecular formula is C13H7F6NO2. The van der Waals surface area contributed by atoms with E-state index in [0.29, 0.717) is 6.07 Å². The maximum atomic E-state index is 12.5. The molecule has 2 aromatic rings. The van der Waals surface area contributed by atoms with Gasteiger partial charge < -0.3 is 9.72 Å². The van der Waals surface area contributed by atoms with E-state index in [-0.39, 0.29) is 11.1 Å². The first-order valence-electron chi connectivity index (χ1n) is 5.73. The Morgan fingerprint density at radius 3 is 2.05 bits per heavy atom. The van der Waals surface area contributed by atoms with E-state index in [2.05, 4.69) is 4.74 Å². The molecule has 0 amide bonds. The summed E-state index contributed by atoms with van der Waals surface area (Å²) in [6, 6.07) is 6.03. The Labute approximate surface area is 119 Å². The molecule has 0 unspecified atom stereocenters. The maximum absolute atomic E-state index is 12.5. The Morgan fingerprint density at radius 1 is 0.864 bits per heavy atom. The Hall–Kier alpha value is -2.45. The van der Waals surface area contributed by atoms with Crippen LogP contribution in [0.3, 0.4) is 0 Å². The number of nitrogens with one attached hydrogen (secondary N) is 1. The van der Waals surface area contributed by atoms with E-state index >= 15 is 0 Å². The van der Waals surface area contributed by atoms with E-state index in [1.807, 2.05) is 0 Å². The molecule has 0 radical (unpaired) electrons. The number of hydrogen-bond donors (Lipinski definition) is 1. The molecule has 9 heteroatoms. The first-order valence-corrected chi connectivity index (χ1v) is 5.73. The highest BCUT2D eigenvalue weighted by atomic mass is 19.4. The van der Waals surface area contributed by atoms with Crippen LogP contribution in [-0.2, 0) is 6.18 Å². The van der Waals surface area contributed by atoms with Crippen LogP contribution in [0.2, 0.25) is 0 Å². The summed E-state index contributed by atoms with van der Waals surface area (Å²) in [5, 5.41) is 0. The SMILES string of the molecule is O=c1[nH]c(C(F)(F)F)ccc1-c1ccccc1OC(F)(F)F. The van der Waals surface area contributed by atoms with Gasteiger partial charge in [0, 0.05) is 5.56 Å². The van der Waals surface area contributed by atoms with E-state index in [9.17, 15) is 31.1 Å². The fraction of sp³-hybridized carbons (Fsp3) is 0.154. The molecule has 0 atom stereocenters. The number of aromatic amines is 1. The van der Waals surface area contributed by atoms with Gasteiger partial charge in [0.15, 0.2) is 0 Å². The molecule has 1 heterocycles. The van der Waals surface area contributed by atoms with E-state index in [1.165, 1.54) is 12.1 Å². The third-order valence-electron chi connectivity index (χ3n) is 2.62. The number of hydrogen-bond acceptors (Lipinski definition) is 2. The first kappa shape index (κ1) is 15.9. The van der Waals surface area contributed by atoms with Crippen LogP contribution in [0.1, 0.15) is 5.69 Å². The Bertz CT molecular complexity index is 732. The molecule has 3 nitrogen and oxygen atoms in total. The molecule has 2 rings (SSSR count). The van der Waals surface area contributed by atoms with Crippen molar-refractivity contribution in [2.24, 2.45) is 0 Å². The van der Waals surface area contributed by atoms with Crippen LogP contribution < -0.4 is 10.3 Å². The minimum absolute atomic E-state index is 0.269. The Kier molecular flexibility index (Phi) is 3.90. The predicted molar refractivity (Wildman–Crippen MR) is 64.2 cm³/mol. The summed E-state index contributed by atoms with van der Waals surface area (Å²) in [6.07, 6.45) is -9.76. The van der Waals surface area contributed by atoms with Gasteiger partial charge in [0.25, 0.3) is 5.56 Å². The third kappa shape index (κ3) is 3.60. The van der Waals surface area contributed by atoms with Gasteiger partial charge in [-0.25, -0.2) is 0 Å². The quantitative estimate of drug-likeness (QED) is 0.850. The van der Waals surface area contributed by atoms with Crippen molar-refractivity contribution < 1.29 is 31.1 Å². The van der Waals surface area contributed by atoms with Crippen molar-refractivity contribution in [3.63, 3.8) is 0 Å². The number of rotatable bonds is 2. The number of benzene rings is 1.